The van der Waals surface area contributed by atoms with Crippen LogP contribution < -0.4 is 0 Å². The molecule has 0 unspecified atom stereocenters. The lowest BCUT2D eigenvalue weighted by Gasteiger charge is -2.15. The number of hydrogen-bond donors (Lipinski definition) is 1. The van der Waals surface area contributed by atoms with Crippen molar-refractivity contribution in [3.63, 3.8) is 0 Å². The number of likely N-dealkylation sites (N-methyl/N-ethyl adjacent to an activating group) is 1. The van der Waals surface area contributed by atoms with Crippen LogP contribution in [0.4, 0.5) is 0 Å². The van der Waals surface area contributed by atoms with Gasteiger partial charge in [0, 0.05) is 31.4 Å². The summed E-state index contributed by atoms with van der Waals surface area (Å²) in [6.45, 7) is 2.03. The van der Waals surface area contributed by atoms with Gasteiger partial charge in [0.2, 0.25) is 0 Å². The Hall–Kier alpha value is -1.61. The number of benzene rings is 1. The molecular weight excluding hydrogens is 198 g/mol. The van der Waals surface area contributed by atoms with E-state index in [1.807, 2.05) is 12.3 Å². The Kier molecular flexibility index (Phi) is 3.72. The van der Waals surface area contributed by atoms with Crippen molar-refractivity contribution in [1.82, 2.24) is 14.9 Å². The van der Waals surface area contributed by atoms with Gasteiger partial charge in [0.05, 0.1) is 6.33 Å². The molecule has 0 saturated heterocycles. The van der Waals surface area contributed by atoms with E-state index in [2.05, 4.69) is 46.2 Å². The minimum atomic E-state index is 0.995. The van der Waals surface area contributed by atoms with E-state index in [-0.39, 0.29) is 0 Å². The first-order valence-corrected chi connectivity index (χ1v) is 5.54. The molecule has 1 aromatic carbocycles. The number of aromatic nitrogens is 2. The predicted molar refractivity (Wildman–Crippen MR) is 65.1 cm³/mol. The summed E-state index contributed by atoms with van der Waals surface area (Å²) in [6, 6.07) is 10.5. The molecule has 0 fully saturated rings. The van der Waals surface area contributed by atoms with Crippen LogP contribution in [0.2, 0.25) is 0 Å². The average Bonchev–Trinajstić information content (AvgIpc) is 2.81. The van der Waals surface area contributed by atoms with Crippen LogP contribution in [0.5, 0.6) is 0 Å². The lowest BCUT2D eigenvalue weighted by Crippen LogP contribution is -2.20. The third kappa shape index (κ3) is 3.21. The second-order valence-electron chi connectivity index (χ2n) is 4.05. The van der Waals surface area contributed by atoms with Gasteiger partial charge in [-0.3, -0.25) is 0 Å². The standard InChI is InChI=1S/C13H17N3/c1-16(8-7-13-9-14-11-15-13)10-12-5-3-2-4-6-12/h2-6,9,11H,7-8,10H2,1H3,(H,14,15). The van der Waals surface area contributed by atoms with Crippen LogP contribution in [-0.2, 0) is 13.0 Å². The molecular formula is C13H17N3. The van der Waals surface area contributed by atoms with Gasteiger partial charge in [-0.05, 0) is 12.6 Å². The van der Waals surface area contributed by atoms with E-state index in [0.717, 1.165) is 19.5 Å². The van der Waals surface area contributed by atoms with Crippen molar-refractivity contribution in [3.8, 4) is 0 Å². The maximum Gasteiger partial charge on any atom is 0.0921 e. The number of nitrogens with zero attached hydrogens (tertiary/aromatic N) is 2. The van der Waals surface area contributed by atoms with Crippen LogP contribution in [0, 0.1) is 0 Å². The van der Waals surface area contributed by atoms with Crippen LogP contribution >= 0.6 is 0 Å². The first kappa shape index (κ1) is 10.9. The molecule has 84 valence electrons. The van der Waals surface area contributed by atoms with E-state index in [0.29, 0.717) is 0 Å². The van der Waals surface area contributed by atoms with Gasteiger partial charge in [-0.15, -0.1) is 0 Å². The van der Waals surface area contributed by atoms with E-state index in [4.69, 9.17) is 0 Å². The maximum absolute atomic E-state index is 4.01. The number of rotatable bonds is 5. The zero-order valence-corrected chi connectivity index (χ0v) is 9.56. The Morgan fingerprint density at radius 3 is 2.75 bits per heavy atom. The Morgan fingerprint density at radius 1 is 1.25 bits per heavy atom. The highest BCUT2D eigenvalue weighted by Gasteiger charge is 2.01. The van der Waals surface area contributed by atoms with Gasteiger partial charge >= 0.3 is 0 Å². The molecule has 0 aliphatic heterocycles. The molecule has 3 heteroatoms. The molecule has 1 aromatic heterocycles. The molecule has 0 bridgehead atoms. The summed E-state index contributed by atoms with van der Waals surface area (Å²) < 4.78 is 0. The van der Waals surface area contributed by atoms with Gasteiger partial charge in [0.25, 0.3) is 0 Å². The van der Waals surface area contributed by atoms with Crippen LogP contribution in [0.3, 0.4) is 0 Å². The highest BCUT2D eigenvalue weighted by molar-refractivity contribution is 5.14. The molecule has 2 aromatic rings. The summed E-state index contributed by atoms with van der Waals surface area (Å²) in [5.41, 5.74) is 2.55. The minimum absolute atomic E-state index is 0.995. The maximum atomic E-state index is 4.01. The summed E-state index contributed by atoms with van der Waals surface area (Å²) in [6.07, 6.45) is 4.63. The first-order chi connectivity index (χ1) is 7.84. The second-order valence-corrected chi connectivity index (χ2v) is 4.05. The molecule has 1 heterocycles. The van der Waals surface area contributed by atoms with Crippen molar-refractivity contribution < 1.29 is 0 Å². The van der Waals surface area contributed by atoms with E-state index in [9.17, 15) is 0 Å². The summed E-state index contributed by atoms with van der Waals surface area (Å²) >= 11 is 0. The Labute approximate surface area is 96.1 Å². The summed E-state index contributed by atoms with van der Waals surface area (Å²) in [5.74, 6) is 0. The Bertz CT molecular complexity index is 394. The van der Waals surface area contributed by atoms with Gasteiger partial charge in [0.1, 0.15) is 0 Å². The largest absolute Gasteiger partial charge is 0.348 e. The third-order valence-electron chi connectivity index (χ3n) is 2.61. The first-order valence-electron chi connectivity index (χ1n) is 5.54. The van der Waals surface area contributed by atoms with Crippen molar-refractivity contribution in [2.75, 3.05) is 13.6 Å². The normalized spacial score (nSPS) is 10.9. The average molecular weight is 215 g/mol. The topological polar surface area (TPSA) is 31.9 Å². The van der Waals surface area contributed by atoms with Crippen molar-refractivity contribution in [2.45, 2.75) is 13.0 Å². The Morgan fingerprint density at radius 2 is 2.06 bits per heavy atom. The second kappa shape index (κ2) is 5.47. The van der Waals surface area contributed by atoms with Crippen molar-refractivity contribution in [2.24, 2.45) is 0 Å². The highest BCUT2D eigenvalue weighted by atomic mass is 15.1. The fourth-order valence-corrected chi connectivity index (χ4v) is 1.71. The van der Waals surface area contributed by atoms with Crippen LogP contribution in [0.1, 0.15) is 11.3 Å². The van der Waals surface area contributed by atoms with Gasteiger partial charge in [-0.25, -0.2) is 4.98 Å². The van der Waals surface area contributed by atoms with Crippen LogP contribution in [-0.4, -0.2) is 28.5 Å². The number of nitrogens with one attached hydrogen (secondary N) is 1. The number of hydrogen-bond acceptors (Lipinski definition) is 2. The fourth-order valence-electron chi connectivity index (χ4n) is 1.71. The van der Waals surface area contributed by atoms with E-state index in [1.54, 1.807) is 6.33 Å². The number of aromatic amines is 1. The van der Waals surface area contributed by atoms with Crippen LogP contribution in [0.25, 0.3) is 0 Å². The molecule has 0 aliphatic carbocycles. The third-order valence-corrected chi connectivity index (χ3v) is 2.61. The smallest absolute Gasteiger partial charge is 0.0921 e. The quantitative estimate of drug-likeness (QED) is 0.828. The monoisotopic (exact) mass is 215 g/mol. The van der Waals surface area contributed by atoms with Gasteiger partial charge in [0.15, 0.2) is 0 Å². The summed E-state index contributed by atoms with van der Waals surface area (Å²) in [5, 5.41) is 0. The molecule has 0 amide bonds. The summed E-state index contributed by atoms with van der Waals surface area (Å²) in [7, 11) is 2.14. The number of H-pyrrole nitrogens is 1. The number of imidazole rings is 1. The molecule has 0 aliphatic rings. The van der Waals surface area contributed by atoms with E-state index < -0.39 is 0 Å². The van der Waals surface area contributed by atoms with Gasteiger partial charge < -0.3 is 9.88 Å². The lowest BCUT2D eigenvalue weighted by atomic mass is 10.2. The molecule has 0 saturated carbocycles. The highest BCUT2D eigenvalue weighted by Crippen LogP contribution is 2.03. The van der Waals surface area contributed by atoms with E-state index >= 15 is 0 Å². The zero-order valence-electron chi connectivity index (χ0n) is 9.56. The summed E-state index contributed by atoms with van der Waals surface area (Å²) in [4.78, 5) is 9.44. The van der Waals surface area contributed by atoms with E-state index in [1.165, 1.54) is 11.3 Å². The van der Waals surface area contributed by atoms with Crippen LogP contribution in [0.15, 0.2) is 42.9 Å². The van der Waals surface area contributed by atoms with Gasteiger partial charge in [-0.2, -0.15) is 0 Å². The molecule has 0 atom stereocenters. The molecule has 0 radical (unpaired) electrons. The fraction of sp³-hybridized carbons (Fsp3) is 0.308. The Balaban J connectivity index is 1.78. The minimum Gasteiger partial charge on any atom is -0.348 e. The predicted octanol–water partition coefficient (Wildman–Crippen LogP) is 2.08. The van der Waals surface area contributed by atoms with Crippen molar-refractivity contribution in [3.05, 3.63) is 54.1 Å². The zero-order chi connectivity index (χ0) is 11.2. The SMILES string of the molecule is CN(CCc1cnc[nH]1)Cc1ccccc1. The molecule has 2 rings (SSSR count). The lowest BCUT2D eigenvalue weighted by molar-refractivity contribution is 0.330. The molecule has 3 nitrogen and oxygen atoms in total. The van der Waals surface area contributed by atoms with Crippen molar-refractivity contribution in [1.29, 1.82) is 0 Å². The van der Waals surface area contributed by atoms with Gasteiger partial charge in [-0.1, -0.05) is 30.3 Å². The van der Waals surface area contributed by atoms with Crippen molar-refractivity contribution >= 4 is 0 Å². The molecule has 1 N–H and O–H groups in total. The molecule has 16 heavy (non-hydrogen) atoms. The molecule has 0 spiro atoms.